The molecule has 2 atom stereocenters. The molecule has 416 valence electrons. The van der Waals surface area contributed by atoms with Crippen LogP contribution >= 0.6 is 0 Å². The fourth-order valence-corrected chi connectivity index (χ4v) is 10.1. The van der Waals surface area contributed by atoms with Crippen LogP contribution in [0.15, 0.2) is 85.2 Å². The van der Waals surface area contributed by atoms with Gasteiger partial charge in [-0.05, 0) is 119 Å². The van der Waals surface area contributed by atoms with Crippen LogP contribution in [-0.2, 0) is 35.1 Å². The average Bonchev–Trinajstić information content (AvgIpc) is 3.95. The standard InChI is InChI=1S/C58H74N10O10/c1-67-27-23-58(24-28-67,57(60)65-53(59)40-20-25-61-26-21-40)66-42-12-9-11-41(37-42)54(71)63-48-22-32-78-50-18-16-43(38-45(48)50)77-31-8-3-2-6-29-74-33-35-76-36-34-75-30-7-4-5-15-51(69)62-47-14-10-13-44-46(47)39-68(56(44)73)49-17-19-52(70)64-55(49)72/h9-14,16,18,20-21,25-26,37-38,48-49,66H,2-8,15,17,19,22-24,27-36,39H2,1H3,(H,62,69)(H,63,71)(H3,59,60,65)(H,64,70,72). The first-order valence-corrected chi connectivity index (χ1v) is 27.4. The van der Waals surface area contributed by atoms with E-state index in [0.717, 1.165) is 74.4 Å². The van der Waals surface area contributed by atoms with E-state index in [4.69, 9.17) is 34.5 Å². The molecule has 0 spiro atoms. The number of imide groups is 1. The van der Waals surface area contributed by atoms with Gasteiger partial charge >= 0.3 is 0 Å². The lowest BCUT2D eigenvalue weighted by molar-refractivity contribution is -0.137. The molecule has 8 rings (SSSR count). The minimum absolute atomic E-state index is 0.129. The fourth-order valence-electron chi connectivity index (χ4n) is 10.1. The van der Waals surface area contributed by atoms with Crippen molar-refractivity contribution in [2.24, 2.45) is 0 Å². The first-order chi connectivity index (χ1) is 38.0. The Morgan fingerprint density at radius 2 is 1.50 bits per heavy atom. The maximum atomic E-state index is 13.8. The number of carbonyl (C=O) groups is 5. The van der Waals surface area contributed by atoms with Gasteiger partial charge in [0.05, 0.1) is 51.2 Å². The number of fused-ring (bicyclic) bond motifs is 2. The van der Waals surface area contributed by atoms with Crippen LogP contribution in [0, 0.1) is 10.8 Å². The molecule has 5 amide bonds. The van der Waals surface area contributed by atoms with Crippen molar-refractivity contribution in [1.29, 1.82) is 10.8 Å². The van der Waals surface area contributed by atoms with Gasteiger partial charge in [0.15, 0.2) is 0 Å². The molecule has 3 aromatic carbocycles. The van der Waals surface area contributed by atoms with Gasteiger partial charge < -0.3 is 54.8 Å². The Balaban J connectivity index is 0.642. The van der Waals surface area contributed by atoms with Crippen molar-refractivity contribution in [3.05, 3.63) is 113 Å². The number of aromatic nitrogens is 1. The Morgan fingerprint density at radius 3 is 2.24 bits per heavy atom. The number of hydrogen-bond acceptors (Lipinski definition) is 15. The molecule has 2 fully saturated rings. The Morgan fingerprint density at radius 1 is 0.795 bits per heavy atom. The van der Waals surface area contributed by atoms with Gasteiger partial charge in [0.1, 0.15) is 29.2 Å². The molecule has 0 bridgehead atoms. The van der Waals surface area contributed by atoms with Crippen LogP contribution < -0.4 is 36.1 Å². The monoisotopic (exact) mass is 1070 g/mol. The summed E-state index contributed by atoms with van der Waals surface area (Å²) in [6, 6.07) is 20.8. The van der Waals surface area contributed by atoms with Crippen LogP contribution in [0.1, 0.15) is 127 Å². The molecule has 2 saturated heterocycles. The highest BCUT2D eigenvalue weighted by molar-refractivity contribution is 6.10. The molecule has 5 heterocycles. The number of hydrogen-bond donors (Lipinski definition) is 7. The lowest BCUT2D eigenvalue weighted by Crippen LogP contribution is -2.58. The molecule has 20 heteroatoms. The maximum Gasteiger partial charge on any atom is 0.255 e. The number of carbonyl (C=O) groups excluding carboxylic acids is 5. The molecule has 20 nitrogen and oxygen atoms in total. The van der Waals surface area contributed by atoms with Crippen molar-refractivity contribution in [3.8, 4) is 11.5 Å². The molecular formula is C58H74N10O10. The summed E-state index contributed by atoms with van der Waals surface area (Å²) in [5.41, 5.74) is 3.69. The highest BCUT2D eigenvalue weighted by Gasteiger charge is 2.41. The molecule has 78 heavy (non-hydrogen) atoms. The number of nitrogens with one attached hydrogen (secondary N) is 7. The van der Waals surface area contributed by atoms with Crippen molar-refractivity contribution in [1.82, 2.24) is 30.7 Å². The summed E-state index contributed by atoms with van der Waals surface area (Å²) < 4.78 is 29.2. The SMILES string of the molecule is CN1CCC(Nc2cccc(C(=O)NC3CCOc4ccc(OCCCCCCOCCOCCOCCCCCC(=O)Nc5cccc6c5CN(C5CCC(=O)NC5=O)C6=O)cc43)c2)(C(=N)NC(=N)c2ccncc2)CC1. The Labute approximate surface area is 456 Å². The van der Waals surface area contributed by atoms with E-state index in [9.17, 15) is 24.0 Å². The summed E-state index contributed by atoms with van der Waals surface area (Å²) in [7, 11) is 2.06. The lowest BCUT2D eigenvalue weighted by atomic mass is 9.85. The number of amidine groups is 2. The van der Waals surface area contributed by atoms with E-state index in [0.29, 0.717) is 113 Å². The minimum Gasteiger partial charge on any atom is -0.494 e. The molecule has 7 N–H and O–H groups in total. The smallest absolute Gasteiger partial charge is 0.255 e. The first kappa shape index (κ1) is 56.9. The van der Waals surface area contributed by atoms with Crippen LogP contribution in [0.5, 0.6) is 11.5 Å². The van der Waals surface area contributed by atoms with Crippen molar-refractivity contribution < 1.29 is 47.7 Å². The highest BCUT2D eigenvalue weighted by atomic mass is 16.5. The molecule has 0 aliphatic carbocycles. The summed E-state index contributed by atoms with van der Waals surface area (Å²) in [5, 5.41) is 32.8. The second-order valence-corrected chi connectivity index (χ2v) is 20.3. The summed E-state index contributed by atoms with van der Waals surface area (Å²) in [5.74, 6) is 0.360. The number of nitrogens with zero attached hydrogens (tertiary/aromatic N) is 3. The first-order valence-electron chi connectivity index (χ1n) is 27.4. The summed E-state index contributed by atoms with van der Waals surface area (Å²) in [6.45, 7) is 6.00. The number of unbranched alkanes of at least 4 members (excludes halogenated alkanes) is 5. The Kier molecular flexibility index (Phi) is 20.7. The van der Waals surface area contributed by atoms with E-state index in [-0.39, 0.29) is 60.7 Å². The third-order valence-electron chi connectivity index (χ3n) is 14.6. The molecule has 4 aromatic rings. The Bertz CT molecular complexity index is 2730. The number of amides is 5. The van der Waals surface area contributed by atoms with E-state index in [2.05, 4.69) is 43.5 Å². The molecular weight excluding hydrogens is 997 g/mol. The van der Waals surface area contributed by atoms with E-state index in [1.165, 1.54) is 4.90 Å². The van der Waals surface area contributed by atoms with E-state index in [1.807, 2.05) is 36.4 Å². The van der Waals surface area contributed by atoms with E-state index < -0.39 is 17.5 Å². The molecule has 4 aliphatic heterocycles. The second-order valence-electron chi connectivity index (χ2n) is 20.3. The number of anilines is 2. The van der Waals surface area contributed by atoms with Gasteiger partial charge in [0.2, 0.25) is 17.7 Å². The van der Waals surface area contributed by atoms with Crippen molar-refractivity contribution in [3.63, 3.8) is 0 Å². The van der Waals surface area contributed by atoms with Gasteiger partial charge in [0.25, 0.3) is 11.8 Å². The zero-order chi connectivity index (χ0) is 54.7. The van der Waals surface area contributed by atoms with Gasteiger partial charge in [-0.1, -0.05) is 25.0 Å². The normalized spacial score (nSPS) is 17.8. The molecule has 1 aromatic heterocycles. The third-order valence-corrected chi connectivity index (χ3v) is 14.6. The molecule has 0 saturated carbocycles. The average molecular weight is 1070 g/mol. The summed E-state index contributed by atoms with van der Waals surface area (Å²) in [6.07, 6.45) is 12.2. The predicted molar refractivity (Wildman–Crippen MR) is 294 cm³/mol. The van der Waals surface area contributed by atoms with Crippen molar-refractivity contribution >= 4 is 52.6 Å². The van der Waals surface area contributed by atoms with Crippen molar-refractivity contribution in [2.75, 3.05) is 83.6 Å². The quantitative estimate of drug-likeness (QED) is 0.0134. The number of pyridine rings is 1. The maximum absolute atomic E-state index is 13.8. The number of piperidine rings is 2. The van der Waals surface area contributed by atoms with E-state index >= 15 is 0 Å². The van der Waals surface area contributed by atoms with Gasteiger partial charge in [-0.25, -0.2) is 0 Å². The van der Waals surface area contributed by atoms with E-state index in [1.54, 1.807) is 48.8 Å². The summed E-state index contributed by atoms with van der Waals surface area (Å²) >= 11 is 0. The number of rotatable bonds is 28. The topological polar surface area (TPSA) is 259 Å². The third kappa shape index (κ3) is 15.7. The largest absolute Gasteiger partial charge is 0.494 e. The van der Waals surface area contributed by atoms with Crippen LogP contribution in [-0.4, -0.2) is 141 Å². The zero-order valence-electron chi connectivity index (χ0n) is 44.6. The number of benzene rings is 3. The number of ether oxygens (including phenoxy) is 5. The molecule has 4 aliphatic rings. The van der Waals surface area contributed by atoms with Crippen LogP contribution in [0.2, 0.25) is 0 Å². The number of likely N-dealkylation sites (tertiary alicyclic amines) is 1. The van der Waals surface area contributed by atoms with Crippen LogP contribution in [0.4, 0.5) is 11.4 Å². The zero-order valence-corrected chi connectivity index (χ0v) is 44.6. The van der Waals surface area contributed by atoms with Crippen LogP contribution in [0.3, 0.4) is 0 Å². The predicted octanol–water partition coefficient (Wildman–Crippen LogP) is 6.75. The van der Waals surface area contributed by atoms with Gasteiger partial charge in [-0.2, -0.15) is 0 Å². The van der Waals surface area contributed by atoms with Gasteiger partial charge in [0, 0.05) is 104 Å². The summed E-state index contributed by atoms with van der Waals surface area (Å²) in [4.78, 5) is 71.4. The van der Waals surface area contributed by atoms with Gasteiger partial charge in [-0.3, -0.25) is 45.1 Å². The van der Waals surface area contributed by atoms with Crippen molar-refractivity contribution in [2.45, 2.75) is 108 Å². The second kappa shape index (κ2) is 28.4. The lowest BCUT2D eigenvalue weighted by Gasteiger charge is -2.42. The molecule has 2 unspecified atom stereocenters. The Hall–Kier alpha value is -7.26. The fraction of sp³-hybridized carbons (Fsp3) is 0.483. The van der Waals surface area contributed by atoms with Gasteiger partial charge in [-0.15, -0.1) is 0 Å². The molecule has 0 radical (unpaired) electrons. The minimum atomic E-state index is -0.756. The highest BCUT2D eigenvalue weighted by Crippen LogP contribution is 2.36. The van der Waals surface area contributed by atoms with Crippen LogP contribution in [0.25, 0.3) is 0 Å².